The van der Waals surface area contributed by atoms with Crippen LogP contribution in [0.1, 0.15) is 37.9 Å². The highest BCUT2D eigenvalue weighted by Gasteiger charge is 2.30. The summed E-state index contributed by atoms with van der Waals surface area (Å²) in [5.74, 6) is -1.19. The van der Waals surface area contributed by atoms with Crippen molar-refractivity contribution in [2.24, 2.45) is 0 Å². The average Bonchev–Trinajstić information content (AvgIpc) is 3.21. The molecular weight excluding hydrogens is 396 g/mol. The number of rotatable bonds is 6. The Morgan fingerprint density at radius 2 is 1.65 bits per heavy atom. The Hall–Kier alpha value is -4.26. The summed E-state index contributed by atoms with van der Waals surface area (Å²) >= 11 is 0. The van der Waals surface area contributed by atoms with Gasteiger partial charge in [-0.15, -0.1) is 0 Å². The molecule has 0 bridgehead atoms. The first-order valence-electron chi connectivity index (χ1n) is 9.57. The van der Waals surface area contributed by atoms with Crippen molar-refractivity contribution in [1.82, 2.24) is 4.98 Å². The number of H-pyrrole nitrogens is 1. The summed E-state index contributed by atoms with van der Waals surface area (Å²) in [7, 11) is 0. The molecule has 0 saturated heterocycles. The summed E-state index contributed by atoms with van der Waals surface area (Å²) in [6.45, 7) is 1.48. The molecule has 0 fully saturated rings. The van der Waals surface area contributed by atoms with Gasteiger partial charge in [0, 0.05) is 39.9 Å². The summed E-state index contributed by atoms with van der Waals surface area (Å²) in [4.78, 5) is 40.1. The summed E-state index contributed by atoms with van der Waals surface area (Å²) < 4.78 is 5.65. The van der Waals surface area contributed by atoms with Crippen molar-refractivity contribution in [3.05, 3.63) is 111 Å². The summed E-state index contributed by atoms with van der Waals surface area (Å²) in [5, 5.41) is 11.9. The molecule has 0 aliphatic rings. The second-order valence-corrected chi connectivity index (χ2v) is 7.02. The number of para-hydroxylation sites is 1. The molecule has 1 atom stereocenters. The highest BCUT2D eigenvalue weighted by atomic mass is 16.6. The topological polar surface area (TPSA) is 102 Å². The number of nitrogens with one attached hydrogen (secondary N) is 1. The number of benzene rings is 3. The lowest BCUT2D eigenvalue weighted by atomic mass is 9.99. The predicted molar refractivity (Wildman–Crippen MR) is 115 cm³/mol. The van der Waals surface area contributed by atoms with Crippen LogP contribution in [0.25, 0.3) is 10.9 Å². The van der Waals surface area contributed by atoms with Crippen molar-refractivity contribution >= 4 is 28.3 Å². The lowest BCUT2D eigenvalue weighted by Gasteiger charge is -2.18. The maximum absolute atomic E-state index is 13.4. The van der Waals surface area contributed by atoms with Gasteiger partial charge in [-0.05, 0) is 19.1 Å². The van der Waals surface area contributed by atoms with E-state index in [-0.39, 0.29) is 22.6 Å². The highest BCUT2D eigenvalue weighted by Crippen LogP contribution is 2.29. The van der Waals surface area contributed by atoms with Gasteiger partial charge in [-0.25, -0.2) is 4.79 Å². The van der Waals surface area contributed by atoms with Gasteiger partial charge >= 0.3 is 5.97 Å². The van der Waals surface area contributed by atoms with E-state index >= 15 is 0 Å². The third-order valence-electron chi connectivity index (χ3n) is 5.14. The second-order valence-electron chi connectivity index (χ2n) is 7.02. The minimum Gasteiger partial charge on any atom is -0.445 e. The Kier molecular flexibility index (Phi) is 5.32. The molecule has 7 nitrogen and oxygen atoms in total. The van der Waals surface area contributed by atoms with Crippen LogP contribution < -0.4 is 0 Å². The molecule has 1 aromatic heterocycles. The summed E-state index contributed by atoms with van der Waals surface area (Å²) in [6.07, 6.45) is 0.390. The van der Waals surface area contributed by atoms with E-state index in [2.05, 4.69) is 4.98 Å². The van der Waals surface area contributed by atoms with Gasteiger partial charge in [0.05, 0.1) is 10.5 Å². The SMILES string of the molecule is Cc1c(C(=O)OC(C(=O)c2c[nH]c3ccccc23)c2ccccc2)cccc1[N+](=O)[O-]. The molecule has 0 aliphatic heterocycles. The van der Waals surface area contributed by atoms with Gasteiger partial charge in [0.2, 0.25) is 5.78 Å². The van der Waals surface area contributed by atoms with Crippen molar-refractivity contribution in [1.29, 1.82) is 0 Å². The average molecular weight is 414 g/mol. The molecule has 4 aromatic rings. The van der Waals surface area contributed by atoms with E-state index < -0.39 is 17.0 Å². The molecular formula is C24H18N2O5. The summed E-state index contributed by atoms with van der Waals surface area (Å²) in [5.41, 5.74) is 1.74. The molecule has 1 unspecified atom stereocenters. The van der Waals surface area contributed by atoms with Crippen LogP contribution in [0.3, 0.4) is 0 Å². The summed E-state index contributed by atoms with van der Waals surface area (Å²) in [6, 6.07) is 20.2. The van der Waals surface area contributed by atoms with Crippen molar-refractivity contribution in [2.75, 3.05) is 0 Å². The first kappa shape index (κ1) is 20.0. The Balaban J connectivity index is 1.73. The fraction of sp³-hybridized carbons (Fsp3) is 0.0833. The van der Waals surface area contributed by atoms with Crippen LogP contribution in [0.4, 0.5) is 5.69 Å². The van der Waals surface area contributed by atoms with Crippen molar-refractivity contribution in [3.63, 3.8) is 0 Å². The van der Waals surface area contributed by atoms with Crippen LogP contribution in [0, 0.1) is 17.0 Å². The highest BCUT2D eigenvalue weighted by molar-refractivity contribution is 6.11. The number of nitrogens with zero attached hydrogens (tertiary/aromatic N) is 1. The molecule has 3 aromatic carbocycles. The van der Waals surface area contributed by atoms with Crippen LogP contribution >= 0.6 is 0 Å². The maximum Gasteiger partial charge on any atom is 0.339 e. The molecule has 7 heteroatoms. The first-order chi connectivity index (χ1) is 15.0. The van der Waals surface area contributed by atoms with E-state index in [0.29, 0.717) is 11.1 Å². The number of ketones is 1. The number of esters is 1. The van der Waals surface area contributed by atoms with Crippen LogP contribution in [0.2, 0.25) is 0 Å². The number of nitro benzene ring substituents is 1. The fourth-order valence-corrected chi connectivity index (χ4v) is 3.53. The number of aromatic amines is 1. The molecule has 0 aliphatic carbocycles. The number of fused-ring (bicyclic) bond motifs is 1. The van der Waals surface area contributed by atoms with Gasteiger partial charge in [-0.1, -0.05) is 54.6 Å². The van der Waals surface area contributed by atoms with E-state index in [1.54, 1.807) is 36.5 Å². The number of carbonyl (C=O) groups excluding carboxylic acids is 2. The third kappa shape index (κ3) is 3.81. The number of nitro groups is 1. The van der Waals surface area contributed by atoms with Gasteiger partial charge in [0.25, 0.3) is 5.69 Å². The Bertz CT molecular complexity index is 1290. The van der Waals surface area contributed by atoms with Crippen molar-refractivity contribution in [2.45, 2.75) is 13.0 Å². The monoisotopic (exact) mass is 414 g/mol. The molecule has 154 valence electrons. The second kappa shape index (κ2) is 8.23. The van der Waals surface area contributed by atoms with Gasteiger partial charge in [-0.2, -0.15) is 0 Å². The van der Waals surface area contributed by atoms with Gasteiger partial charge < -0.3 is 9.72 Å². The standard InChI is InChI=1S/C24H18N2O5/c1-15-17(11-7-13-21(15)26(29)30)24(28)31-23(16-8-3-2-4-9-16)22(27)19-14-25-20-12-6-5-10-18(19)20/h2-14,23,25H,1H3. The van der Waals surface area contributed by atoms with Crippen LogP contribution in [-0.2, 0) is 4.74 Å². The van der Waals surface area contributed by atoms with Gasteiger partial charge in [0.15, 0.2) is 6.10 Å². The maximum atomic E-state index is 13.4. The normalized spacial score (nSPS) is 11.8. The number of Topliss-reactive ketones (excluding diaryl/α,β-unsaturated/α-hetero) is 1. The minimum absolute atomic E-state index is 0.0434. The van der Waals surface area contributed by atoms with E-state index in [9.17, 15) is 19.7 Å². The lowest BCUT2D eigenvalue weighted by molar-refractivity contribution is -0.385. The Morgan fingerprint density at radius 1 is 0.935 bits per heavy atom. The largest absolute Gasteiger partial charge is 0.445 e. The fourth-order valence-electron chi connectivity index (χ4n) is 3.53. The van der Waals surface area contributed by atoms with Crippen LogP contribution in [0.5, 0.6) is 0 Å². The van der Waals surface area contributed by atoms with Crippen molar-refractivity contribution < 1.29 is 19.2 Å². The van der Waals surface area contributed by atoms with E-state index in [1.807, 2.05) is 24.3 Å². The zero-order chi connectivity index (χ0) is 22.0. The smallest absolute Gasteiger partial charge is 0.339 e. The molecule has 1 heterocycles. The minimum atomic E-state index is -1.20. The van der Waals surface area contributed by atoms with Crippen LogP contribution in [-0.4, -0.2) is 21.7 Å². The molecule has 0 radical (unpaired) electrons. The number of aromatic nitrogens is 1. The quantitative estimate of drug-likeness (QED) is 0.203. The lowest BCUT2D eigenvalue weighted by Crippen LogP contribution is -2.21. The molecule has 0 saturated carbocycles. The van der Waals surface area contributed by atoms with E-state index in [4.69, 9.17) is 4.74 Å². The number of hydrogen-bond donors (Lipinski definition) is 1. The van der Waals surface area contributed by atoms with Crippen LogP contribution in [0.15, 0.2) is 79.0 Å². The van der Waals surface area contributed by atoms with E-state index in [0.717, 1.165) is 10.9 Å². The predicted octanol–water partition coefficient (Wildman–Crippen LogP) is 5.17. The first-order valence-corrected chi connectivity index (χ1v) is 9.57. The zero-order valence-electron chi connectivity index (χ0n) is 16.6. The van der Waals surface area contributed by atoms with Gasteiger partial charge in [0.1, 0.15) is 0 Å². The molecule has 0 amide bonds. The molecule has 31 heavy (non-hydrogen) atoms. The van der Waals surface area contributed by atoms with Gasteiger partial charge in [-0.3, -0.25) is 14.9 Å². The Morgan fingerprint density at radius 3 is 2.39 bits per heavy atom. The number of ether oxygens (including phenoxy) is 1. The molecule has 1 N–H and O–H groups in total. The van der Waals surface area contributed by atoms with E-state index in [1.165, 1.54) is 25.1 Å². The van der Waals surface area contributed by atoms with Crippen molar-refractivity contribution in [3.8, 4) is 0 Å². The number of hydrogen-bond acceptors (Lipinski definition) is 5. The zero-order valence-corrected chi connectivity index (χ0v) is 16.6. The molecule has 4 rings (SSSR count). The number of carbonyl (C=O) groups is 2. The molecule has 0 spiro atoms. The Labute approximate surface area is 177 Å². The third-order valence-corrected chi connectivity index (χ3v) is 5.14.